The second kappa shape index (κ2) is 15.5. The Hall–Kier alpha value is -1.93. The van der Waals surface area contributed by atoms with Gasteiger partial charge in [-0.05, 0) is 73.3 Å². The van der Waals surface area contributed by atoms with Gasteiger partial charge in [-0.3, -0.25) is 9.69 Å². The SMILES string of the molecule is C=C[C@H](OC)[C@@H]1CC[C@H]1CN1Cc2ccc(Cl)cc2CCCCOC2=CC=C(C(=O)N=[S-](=O)[C@H](CC)CCC)CC21. The first-order valence-electron chi connectivity index (χ1n) is 15.2. The lowest BCUT2D eigenvalue weighted by atomic mass is 9.70. The third-order valence-electron chi connectivity index (χ3n) is 8.95. The summed E-state index contributed by atoms with van der Waals surface area (Å²) in [4.78, 5) is 15.8. The fourth-order valence-electron chi connectivity index (χ4n) is 6.38. The Kier molecular flexibility index (Phi) is 12.1. The van der Waals surface area contributed by atoms with Gasteiger partial charge < -0.3 is 18.0 Å². The number of allylic oxidation sites excluding steroid dienone is 2. The molecule has 1 aliphatic heterocycles. The highest BCUT2D eigenvalue weighted by atomic mass is 35.5. The van der Waals surface area contributed by atoms with E-state index < -0.39 is 10.6 Å². The maximum atomic E-state index is 13.3. The third kappa shape index (κ3) is 8.13. The molecule has 0 saturated heterocycles. The molecule has 1 fully saturated rings. The van der Waals surface area contributed by atoms with Crippen LogP contribution in [0.3, 0.4) is 0 Å². The minimum absolute atomic E-state index is 0.0295. The fourth-order valence-corrected chi connectivity index (χ4v) is 7.72. The van der Waals surface area contributed by atoms with E-state index in [2.05, 4.69) is 34.9 Å². The number of nitrogens with zero attached hydrogens (tertiary/aromatic N) is 2. The number of ether oxygens (including phenoxy) is 2. The highest BCUT2D eigenvalue weighted by Gasteiger charge is 2.39. The van der Waals surface area contributed by atoms with Crippen LogP contribution in [0, 0.1) is 11.8 Å². The summed E-state index contributed by atoms with van der Waals surface area (Å²) in [6, 6.07) is 6.10. The van der Waals surface area contributed by atoms with Gasteiger partial charge in [-0.2, -0.15) is 10.6 Å². The number of rotatable bonds is 10. The van der Waals surface area contributed by atoms with Crippen LogP contribution in [0.1, 0.15) is 76.3 Å². The quantitative estimate of drug-likeness (QED) is 0.204. The zero-order valence-corrected chi connectivity index (χ0v) is 26.4. The minimum atomic E-state index is -1.53. The molecule has 1 aromatic carbocycles. The van der Waals surface area contributed by atoms with Crippen molar-refractivity contribution in [3.63, 3.8) is 0 Å². The van der Waals surface area contributed by atoms with E-state index >= 15 is 0 Å². The molecule has 0 aromatic heterocycles. The monoisotopic (exact) mass is 601 g/mol. The molecule has 1 unspecified atom stereocenters. The molecule has 0 N–H and O–H groups in total. The number of aryl methyl sites for hydroxylation is 1. The van der Waals surface area contributed by atoms with Crippen molar-refractivity contribution in [2.24, 2.45) is 16.2 Å². The number of methoxy groups -OCH3 is 1. The predicted octanol–water partition coefficient (Wildman–Crippen LogP) is 7.56. The number of hydrogen-bond acceptors (Lipinski definition) is 6. The van der Waals surface area contributed by atoms with E-state index in [0.29, 0.717) is 30.4 Å². The Morgan fingerprint density at radius 3 is 2.78 bits per heavy atom. The van der Waals surface area contributed by atoms with Gasteiger partial charge in [0.2, 0.25) is 5.91 Å². The van der Waals surface area contributed by atoms with E-state index in [1.807, 2.05) is 31.2 Å². The molecule has 3 aliphatic rings. The van der Waals surface area contributed by atoms with Crippen LogP contribution in [0.5, 0.6) is 0 Å². The molecule has 8 heteroatoms. The van der Waals surface area contributed by atoms with Crippen LogP contribution in [-0.2, 0) is 42.0 Å². The first-order chi connectivity index (χ1) is 19.9. The summed E-state index contributed by atoms with van der Waals surface area (Å²) < 4.78 is 29.2. The third-order valence-corrected chi connectivity index (χ3v) is 10.7. The number of carbonyl (C=O) groups excluding carboxylic acids is 1. The van der Waals surface area contributed by atoms with Gasteiger partial charge in [0, 0.05) is 37.2 Å². The molecule has 1 heterocycles. The number of fused-ring (bicyclic) bond motifs is 2. The van der Waals surface area contributed by atoms with Gasteiger partial charge in [-0.25, -0.2) is 0 Å². The zero-order valence-electron chi connectivity index (χ0n) is 24.9. The maximum Gasteiger partial charge on any atom is 0.249 e. The molecule has 41 heavy (non-hydrogen) atoms. The largest absolute Gasteiger partial charge is 0.496 e. The number of carbonyl (C=O) groups is 1. The van der Waals surface area contributed by atoms with E-state index in [1.165, 1.54) is 11.1 Å². The Morgan fingerprint density at radius 1 is 1.27 bits per heavy atom. The molecule has 226 valence electrons. The molecule has 4 rings (SSSR count). The van der Waals surface area contributed by atoms with E-state index in [0.717, 1.165) is 75.2 Å². The van der Waals surface area contributed by atoms with Gasteiger partial charge in [-0.15, -0.1) is 6.58 Å². The predicted molar refractivity (Wildman–Crippen MR) is 167 cm³/mol. The van der Waals surface area contributed by atoms with Crippen molar-refractivity contribution in [3.8, 4) is 0 Å². The van der Waals surface area contributed by atoms with Crippen molar-refractivity contribution >= 4 is 28.1 Å². The zero-order chi connectivity index (χ0) is 29.4. The van der Waals surface area contributed by atoms with Gasteiger partial charge in [-0.1, -0.05) is 68.2 Å². The highest BCUT2D eigenvalue weighted by molar-refractivity contribution is 7.75. The van der Waals surface area contributed by atoms with Crippen molar-refractivity contribution in [1.29, 1.82) is 0 Å². The lowest BCUT2D eigenvalue weighted by molar-refractivity contribution is -0.114. The van der Waals surface area contributed by atoms with Crippen molar-refractivity contribution in [3.05, 3.63) is 70.5 Å². The number of amides is 1. The summed E-state index contributed by atoms with van der Waals surface area (Å²) in [5, 5.41) is 0.667. The highest BCUT2D eigenvalue weighted by Crippen LogP contribution is 2.41. The molecule has 1 amide bonds. The number of hydrogen-bond donors (Lipinski definition) is 0. The van der Waals surface area contributed by atoms with E-state index in [4.69, 9.17) is 21.1 Å². The minimum Gasteiger partial charge on any atom is -0.496 e. The molecule has 1 aromatic rings. The van der Waals surface area contributed by atoms with Gasteiger partial charge in [0.05, 0.1) is 18.8 Å². The molecule has 6 nitrogen and oxygen atoms in total. The van der Waals surface area contributed by atoms with Gasteiger partial charge in [0.25, 0.3) is 0 Å². The van der Waals surface area contributed by atoms with E-state index in [1.54, 1.807) is 7.11 Å². The van der Waals surface area contributed by atoms with Crippen LogP contribution in [0.4, 0.5) is 0 Å². The summed E-state index contributed by atoms with van der Waals surface area (Å²) in [5.74, 6) is 1.38. The summed E-state index contributed by atoms with van der Waals surface area (Å²) in [6.07, 6.45) is 13.8. The topological polar surface area (TPSA) is 68.2 Å². The van der Waals surface area contributed by atoms with Crippen LogP contribution in [0.25, 0.3) is 0 Å². The van der Waals surface area contributed by atoms with Gasteiger partial charge >= 0.3 is 0 Å². The molecule has 5 atom stereocenters. The standard InChI is InChI=1S/C33H46ClN2O4S/c1-5-10-28(6-2)41(38)35-33(37)24-14-17-32-30(20-24)36(22-26-13-16-29(26)31(7-3)39-4)21-25-12-15-27(34)19-23(25)11-8-9-18-40-32/h7,12,14-15,17,19,26,28-31H,3,5-6,8-11,13,16,18,20-22H2,1-2,4H3/q-1/t26-,28+,29+,30?,31-/m0/s1. The molecule has 0 bridgehead atoms. The van der Waals surface area contributed by atoms with E-state index in [-0.39, 0.29) is 23.3 Å². The van der Waals surface area contributed by atoms with Crippen LogP contribution in [-0.4, -0.2) is 48.5 Å². The summed E-state index contributed by atoms with van der Waals surface area (Å²) in [5.41, 5.74) is 3.12. The Morgan fingerprint density at radius 2 is 2.10 bits per heavy atom. The van der Waals surface area contributed by atoms with Crippen molar-refractivity contribution in [2.45, 2.75) is 95.6 Å². The Balaban J connectivity index is 1.66. The average molecular weight is 602 g/mol. The summed E-state index contributed by atoms with van der Waals surface area (Å²) in [6.45, 7) is 10.3. The Bertz CT molecular complexity index is 1220. The maximum absolute atomic E-state index is 13.3. The number of benzene rings is 1. The average Bonchev–Trinajstić information content (AvgIpc) is 2.99. The van der Waals surface area contributed by atoms with Crippen LogP contribution < -0.4 is 0 Å². The normalized spacial score (nSPS) is 25.6. The molecule has 0 radical (unpaired) electrons. The molecule has 2 aliphatic carbocycles. The molecular formula is C33H46ClN2O4S-. The van der Waals surface area contributed by atoms with Crippen molar-refractivity contribution in [2.75, 3.05) is 20.3 Å². The van der Waals surface area contributed by atoms with Crippen LogP contribution in [0.15, 0.2) is 58.7 Å². The van der Waals surface area contributed by atoms with Gasteiger partial charge in [0.15, 0.2) is 0 Å². The summed E-state index contributed by atoms with van der Waals surface area (Å²) in [7, 11) is 0.220. The lowest BCUT2D eigenvalue weighted by Crippen LogP contribution is -2.47. The molecule has 1 saturated carbocycles. The van der Waals surface area contributed by atoms with Crippen molar-refractivity contribution in [1.82, 2.24) is 4.90 Å². The fraction of sp³-hybridized carbons (Fsp3) is 0.606. The summed E-state index contributed by atoms with van der Waals surface area (Å²) >= 11 is 6.42. The van der Waals surface area contributed by atoms with Crippen LogP contribution >= 0.6 is 11.6 Å². The van der Waals surface area contributed by atoms with E-state index in [9.17, 15) is 9.00 Å². The van der Waals surface area contributed by atoms with Gasteiger partial charge in [0.1, 0.15) is 5.76 Å². The smallest absolute Gasteiger partial charge is 0.249 e. The number of halogens is 1. The second-order valence-electron chi connectivity index (χ2n) is 11.6. The first kappa shape index (κ1) is 32.0. The molecular weight excluding hydrogens is 556 g/mol. The molecule has 0 spiro atoms. The second-order valence-corrected chi connectivity index (χ2v) is 13.4. The Labute approximate surface area is 253 Å². The first-order valence-corrected chi connectivity index (χ1v) is 16.8. The van der Waals surface area contributed by atoms with Crippen molar-refractivity contribution < 1.29 is 18.5 Å². The lowest BCUT2D eigenvalue weighted by Gasteiger charge is -2.45. The van der Waals surface area contributed by atoms with Crippen LogP contribution in [0.2, 0.25) is 5.02 Å².